The molecule has 0 aliphatic carbocycles. The average molecular weight is 205 g/mol. The molecule has 15 heavy (non-hydrogen) atoms. The summed E-state index contributed by atoms with van der Waals surface area (Å²) in [5.41, 5.74) is 7.71. The monoisotopic (exact) mass is 205 g/mol. The Labute approximate surface area is 89.5 Å². The van der Waals surface area contributed by atoms with Crippen molar-refractivity contribution in [2.24, 2.45) is 5.73 Å². The topological polar surface area (TPSA) is 52.3 Å². The minimum absolute atomic E-state index is 0.362. The lowest BCUT2D eigenvalue weighted by atomic mass is 10.0. The van der Waals surface area contributed by atoms with E-state index >= 15 is 0 Å². The van der Waals surface area contributed by atoms with Crippen molar-refractivity contribution < 1.29 is 9.53 Å². The minimum Gasteiger partial charge on any atom is -0.466 e. The van der Waals surface area contributed by atoms with Crippen molar-refractivity contribution in [3.05, 3.63) is 47.2 Å². The van der Waals surface area contributed by atoms with Crippen LogP contribution < -0.4 is 5.73 Å². The summed E-state index contributed by atoms with van der Waals surface area (Å²) >= 11 is 0. The van der Waals surface area contributed by atoms with Gasteiger partial charge in [0.05, 0.1) is 12.7 Å². The van der Waals surface area contributed by atoms with Crippen LogP contribution in [-0.2, 0) is 16.0 Å². The molecular weight excluding hydrogens is 190 g/mol. The molecule has 0 saturated carbocycles. The van der Waals surface area contributed by atoms with Crippen LogP contribution in [0.1, 0.15) is 12.5 Å². The molecule has 0 aromatic heterocycles. The van der Waals surface area contributed by atoms with Crippen LogP contribution in [0.25, 0.3) is 0 Å². The van der Waals surface area contributed by atoms with Crippen molar-refractivity contribution in [3.63, 3.8) is 0 Å². The number of allylic oxidation sites excluding steroid dienone is 1. The van der Waals surface area contributed by atoms with Crippen LogP contribution in [0, 0.1) is 0 Å². The third kappa shape index (κ3) is 3.13. The number of nitrogens with two attached hydrogens (primary N) is 1. The van der Waals surface area contributed by atoms with E-state index in [1.165, 1.54) is 7.11 Å². The maximum atomic E-state index is 11.4. The summed E-state index contributed by atoms with van der Waals surface area (Å²) in [6.07, 6.45) is 0.510. The van der Waals surface area contributed by atoms with E-state index in [-0.39, 0.29) is 5.97 Å². The first-order valence-corrected chi connectivity index (χ1v) is 4.72. The Balaban J connectivity index is 2.87. The largest absolute Gasteiger partial charge is 0.466 e. The fraction of sp³-hybridized carbons (Fsp3) is 0.250. The summed E-state index contributed by atoms with van der Waals surface area (Å²) in [5.74, 6) is -0.362. The number of ether oxygens (including phenoxy) is 1. The molecular formula is C12H15NO2. The molecule has 0 spiro atoms. The van der Waals surface area contributed by atoms with Crippen LogP contribution in [-0.4, -0.2) is 13.1 Å². The highest BCUT2D eigenvalue weighted by molar-refractivity contribution is 5.89. The normalized spacial score (nSPS) is 11.9. The maximum Gasteiger partial charge on any atom is 0.335 e. The molecule has 0 atom stereocenters. The molecule has 1 aromatic rings. The summed E-state index contributed by atoms with van der Waals surface area (Å²) in [5, 5.41) is 0. The Morgan fingerprint density at radius 3 is 2.40 bits per heavy atom. The Kier molecular flexibility index (Phi) is 3.92. The van der Waals surface area contributed by atoms with E-state index in [0.717, 1.165) is 5.56 Å². The van der Waals surface area contributed by atoms with E-state index in [2.05, 4.69) is 4.74 Å². The van der Waals surface area contributed by atoms with Gasteiger partial charge >= 0.3 is 5.97 Å². The number of hydrogen-bond acceptors (Lipinski definition) is 3. The number of carbonyl (C=O) groups excluding carboxylic acids is 1. The highest BCUT2D eigenvalue weighted by atomic mass is 16.5. The SMILES string of the molecule is COC(=O)C(Cc1ccccc1)=C(C)N. The van der Waals surface area contributed by atoms with Crippen molar-refractivity contribution in [2.75, 3.05) is 7.11 Å². The molecule has 0 unspecified atom stereocenters. The number of hydrogen-bond donors (Lipinski definition) is 1. The number of esters is 1. The number of benzene rings is 1. The van der Waals surface area contributed by atoms with E-state index in [9.17, 15) is 4.79 Å². The molecule has 0 aliphatic rings. The molecule has 3 nitrogen and oxygen atoms in total. The Bertz CT molecular complexity index is 364. The van der Waals surface area contributed by atoms with Gasteiger partial charge in [-0.25, -0.2) is 4.79 Å². The first-order valence-electron chi connectivity index (χ1n) is 4.72. The zero-order chi connectivity index (χ0) is 11.3. The fourth-order valence-electron chi connectivity index (χ4n) is 1.30. The summed E-state index contributed by atoms with van der Waals surface area (Å²) in [4.78, 5) is 11.4. The van der Waals surface area contributed by atoms with E-state index in [1.807, 2.05) is 30.3 Å². The van der Waals surface area contributed by atoms with E-state index in [1.54, 1.807) is 6.92 Å². The van der Waals surface area contributed by atoms with Crippen LogP contribution in [0.2, 0.25) is 0 Å². The summed E-state index contributed by atoms with van der Waals surface area (Å²) in [7, 11) is 1.36. The number of rotatable bonds is 3. The second kappa shape index (κ2) is 5.20. The van der Waals surface area contributed by atoms with Crippen LogP contribution in [0.15, 0.2) is 41.6 Å². The lowest BCUT2D eigenvalue weighted by molar-refractivity contribution is -0.136. The van der Waals surface area contributed by atoms with Gasteiger partial charge in [-0.1, -0.05) is 30.3 Å². The summed E-state index contributed by atoms with van der Waals surface area (Å²) in [6.45, 7) is 1.70. The van der Waals surface area contributed by atoms with Crippen LogP contribution in [0.4, 0.5) is 0 Å². The van der Waals surface area contributed by atoms with Crippen molar-refractivity contribution in [2.45, 2.75) is 13.3 Å². The van der Waals surface area contributed by atoms with Crippen molar-refractivity contribution in [1.29, 1.82) is 0 Å². The predicted molar refractivity (Wildman–Crippen MR) is 59.0 cm³/mol. The van der Waals surface area contributed by atoms with Gasteiger partial charge in [-0.05, 0) is 12.5 Å². The highest BCUT2D eigenvalue weighted by Crippen LogP contribution is 2.11. The molecule has 2 N–H and O–H groups in total. The third-order valence-corrected chi connectivity index (χ3v) is 2.13. The van der Waals surface area contributed by atoms with Crippen LogP contribution >= 0.6 is 0 Å². The van der Waals surface area contributed by atoms with E-state index in [4.69, 9.17) is 5.73 Å². The number of carbonyl (C=O) groups is 1. The van der Waals surface area contributed by atoms with Crippen molar-refractivity contribution >= 4 is 5.97 Å². The Morgan fingerprint density at radius 2 is 1.93 bits per heavy atom. The van der Waals surface area contributed by atoms with Gasteiger partial charge in [0.15, 0.2) is 0 Å². The zero-order valence-electron chi connectivity index (χ0n) is 8.99. The van der Waals surface area contributed by atoms with Crippen molar-refractivity contribution in [1.82, 2.24) is 0 Å². The molecule has 3 heteroatoms. The highest BCUT2D eigenvalue weighted by Gasteiger charge is 2.12. The Morgan fingerprint density at radius 1 is 1.33 bits per heavy atom. The van der Waals surface area contributed by atoms with Gasteiger partial charge in [-0.3, -0.25) is 0 Å². The van der Waals surface area contributed by atoms with Gasteiger partial charge in [0.1, 0.15) is 0 Å². The van der Waals surface area contributed by atoms with Crippen molar-refractivity contribution in [3.8, 4) is 0 Å². The molecule has 0 heterocycles. The standard InChI is InChI=1S/C12H15NO2/c1-9(13)11(12(14)15-2)8-10-6-4-3-5-7-10/h3-7H,8,13H2,1-2H3. The molecule has 1 rings (SSSR count). The van der Waals surface area contributed by atoms with Crippen LogP contribution in [0.5, 0.6) is 0 Å². The summed E-state index contributed by atoms with van der Waals surface area (Å²) < 4.78 is 4.67. The fourth-order valence-corrected chi connectivity index (χ4v) is 1.30. The molecule has 80 valence electrons. The van der Waals surface area contributed by atoms with Gasteiger partial charge < -0.3 is 10.5 Å². The quantitative estimate of drug-likeness (QED) is 0.602. The average Bonchev–Trinajstić information content (AvgIpc) is 2.26. The molecule has 1 aromatic carbocycles. The van der Waals surface area contributed by atoms with Gasteiger partial charge in [-0.2, -0.15) is 0 Å². The van der Waals surface area contributed by atoms with Gasteiger partial charge in [0.25, 0.3) is 0 Å². The smallest absolute Gasteiger partial charge is 0.335 e. The minimum atomic E-state index is -0.362. The predicted octanol–water partition coefficient (Wildman–Crippen LogP) is 1.63. The number of methoxy groups -OCH3 is 1. The van der Waals surface area contributed by atoms with Gasteiger partial charge in [0.2, 0.25) is 0 Å². The first-order chi connectivity index (χ1) is 7.15. The molecule has 0 fully saturated rings. The third-order valence-electron chi connectivity index (χ3n) is 2.13. The lowest BCUT2D eigenvalue weighted by Gasteiger charge is -2.07. The Hall–Kier alpha value is -1.77. The zero-order valence-corrected chi connectivity index (χ0v) is 8.99. The molecule has 0 saturated heterocycles. The van der Waals surface area contributed by atoms with Gasteiger partial charge in [0, 0.05) is 12.1 Å². The molecule has 0 aliphatic heterocycles. The molecule has 0 bridgehead atoms. The lowest BCUT2D eigenvalue weighted by Crippen LogP contribution is -2.13. The van der Waals surface area contributed by atoms with Gasteiger partial charge in [-0.15, -0.1) is 0 Å². The van der Waals surface area contributed by atoms with E-state index in [0.29, 0.717) is 17.7 Å². The van der Waals surface area contributed by atoms with Crippen LogP contribution in [0.3, 0.4) is 0 Å². The molecule has 0 radical (unpaired) electrons. The van der Waals surface area contributed by atoms with E-state index < -0.39 is 0 Å². The summed E-state index contributed by atoms with van der Waals surface area (Å²) in [6, 6.07) is 9.68. The maximum absolute atomic E-state index is 11.4. The second-order valence-corrected chi connectivity index (χ2v) is 3.32. The molecule has 0 amide bonds. The first kappa shape index (κ1) is 11.3. The second-order valence-electron chi connectivity index (χ2n) is 3.32.